The summed E-state index contributed by atoms with van der Waals surface area (Å²) in [6, 6.07) is 7.97. The van der Waals surface area contributed by atoms with Crippen molar-refractivity contribution in [2.24, 2.45) is 0 Å². The molecule has 0 saturated carbocycles. The third-order valence-corrected chi connectivity index (χ3v) is 4.76. The molecule has 0 aliphatic rings. The maximum absolute atomic E-state index is 11.0. The van der Waals surface area contributed by atoms with Crippen LogP contribution in [0.2, 0.25) is 5.02 Å². The minimum Gasteiger partial charge on any atom is -0.344 e. The first-order valence-electron chi connectivity index (χ1n) is 6.50. The summed E-state index contributed by atoms with van der Waals surface area (Å²) in [7, 11) is 1.99. The highest BCUT2D eigenvalue weighted by Crippen LogP contribution is 2.31. The second kappa shape index (κ2) is 6.37. The summed E-state index contributed by atoms with van der Waals surface area (Å²) in [6.45, 7) is 4.12. The Morgan fingerprint density at radius 2 is 2.05 bits per heavy atom. The van der Waals surface area contributed by atoms with Gasteiger partial charge in [0.15, 0.2) is 11.4 Å². The van der Waals surface area contributed by atoms with E-state index < -0.39 is 0 Å². The van der Waals surface area contributed by atoms with Gasteiger partial charge in [0.05, 0.1) is 16.6 Å². The SMILES string of the molecule is CCc1nc(N(C)C(C)c2ccc(Cl)cc2)sc1C=O. The van der Waals surface area contributed by atoms with E-state index in [2.05, 4.69) is 16.8 Å². The molecule has 0 radical (unpaired) electrons. The molecule has 0 bridgehead atoms. The number of anilines is 1. The molecule has 0 amide bonds. The maximum Gasteiger partial charge on any atom is 0.186 e. The number of carbonyl (C=O) groups is 1. The highest BCUT2D eigenvalue weighted by atomic mass is 35.5. The van der Waals surface area contributed by atoms with Crippen LogP contribution < -0.4 is 4.90 Å². The fourth-order valence-electron chi connectivity index (χ4n) is 1.98. The van der Waals surface area contributed by atoms with Crippen LogP contribution in [-0.2, 0) is 6.42 Å². The first-order valence-corrected chi connectivity index (χ1v) is 7.69. The largest absolute Gasteiger partial charge is 0.344 e. The zero-order chi connectivity index (χ0) is 14.7. The number of aldehydes is 1. The number of hydrogen-bond acceptors (Lipinski definition) is 4. The van der Waals surface area contributed by atoms with Gasteiger partial charge in [-0.15, -0.1) is 0 Å². The minimum atomic E-state index is 0.169. The van der Waals surface area contributed by atoms with E-state index in [1.807, 2.05) is 38.2 Å². The minimum absolute atomic E-state index is 0.169. The van der Waals surface area contributed by atoms with Crippen molar-refractivity contribution in [3.63, 3.8) is 0 Å². The van der Waals surface area contributed by atoms with E-state index in [4.69, 9.17) is 11.6 Å². The Morgan fingerprint density at radius 3 is 2.55 bits per heavy atom. The van der Waals surface area contributed by atoms with Crippen LogP contribution >= 0.6 is 22.9 Å². The molecule has 0 fully saturated rings. The molecule has 5 heteroatoms. The van der Waals surface area contributed by atoms with Gasteiger partial charge in [0, 0.05) is 12.1 Å². The molecule has 20 heavy (non-hydrogen) atoms. The van der Waals surface area contributed by atoms with E-state index in [0.717, 1.165) is 39.0 Å². The summed E-state index contributed by atoms with van der Waals surface area (Å²) in [5.74, 6) is 0. The van der Waals surface area contributed by atoms with E-state index in [1.54, 1.807) is 0 Å². The summed E-state index contributed by atoms with van der Waals surface area (Å²) in [5.41, 5.74) is 2.04. The van der Waals surface area contributed by atoms with Crippen molar-refractivity contribution in [2.45, 2.75) is 26.3 Å². The van der Waals surface area contributed by atoms with Gasteiger partial charge in [-0.1, -0.05) is 42.0 Å². The maximum atomic E-state index is 11.0. The first kappa shape index (κ1) is 15.0. The number of aryl methyl sites for hydroxylation is 1. The molecular formula is C15H17ClN2OS. The molecule has 106 valence electrons. The van der Waals surface area contributed by atoms with Crippen LogP contribution in [0, 0.1) is 0 Å². The van der Waals surface area contributed by atoms with Gasteiger partial charge in [-0.3, -0.25) is 4.79 Å². The van der Waals surface area contributed by atoms with Gasteiger partial charge in [0.1, 0.15) is 0 Å². The molecule has 2 rings (SSSR count). The number of carbonyl (C=O) groups excluding carboxylic acids is 1. The Labute approximate surface area is 128 Å². The van der Waals surface area contributed by atoms with Crippen molar-refractivity contribution in [2.75, 3.05) is 11.9 Å². The molecule has 2 aromatic rings. The van der Waals surface area contributed by atoms with Crippen LogP contribution in [0.1, 0.15) is 40.8 Å². The smallest absolute Gasteiger partial charge is 0.186 e. The molecule has 0 saturated heterocycles. The third kappa shape index (κ3) is 3.02. The lowest BCUT2D eigenvalue weighted by atomic mass is 10.1. The Morgan fingerprint density at radius 1 is 1.40 bits per heavy atom. The van der Waals surface area contributed by atoms with Crippen LogP contribution in [-0.4, -0.2) is 18.3 Å². The number of thiazole rings is 1. The predicted molar refractivity (Wildman–Crippen MR) is 85.1 cm³/mol. The molecule has 0 N–H and O–H groups in total. The quantitative estimate of drug-likeness (QED) is 0.769. The Kier molecular flexibility index (Phi) is 4.78. The standard InChI is InChI=1S/C15H17ClN2OS/c1-4-13-14(9-19)20-15(17-13)18(3)10(2)11-5-7-12(16)8-6-11/h5-10H,4H2,1-3H3. The van der Waals surface area contributed by atoms with Crippen LogP contribution in [0.25, 0.3) is 0 Å². The van der Waals surface area contributed by atoms with Gasteiger partial charge in [-0.25, -0.2) is 4.98 Å². The van der Waals surface area contributed by atoms with Crippen LogP contribution in [0.3, 0.4) is 0 Å². The summed E-state index contributed by atoms with van der Waals surface area (Å²) in [6.07, 6.45) is 1.66. The zero-order valence-electron chi connectivity index (χ0n) is 11.8. The average molecular weight is 309 g/mol. The molecular weight excluding hydrogens is 292 g/mol. The molecule has 1 unspecified atom stereocenters. The number of aromatic nitrogens is 1. The van der Waals surface area contributed by atoms with Gasteiger partial charge in [-0.05, 0) is 31.0 Å². The van der Waals surface area contributed by atoms with Crippen molar-refractivity contribution < 1.29 is 4.79 Å². The monoisotopic (exact) mass is 308 g/mol. The molecule has 3 nitrogen and oxygen atoms in total. The highest BCUT2D eigenvalue weighted by molar-refractivity contribution is 7.17. The summed E-state index contributed by atoms with van der Waals surface area (Å²) in [4.78, 5) is 18.4. The predicted octanol–water partition coefficient (Wildman–Crippen LogP) is 4.37. The van der Waals surface area contributed by atoms with Crippen molar-refractivity contribution in [1.82, 2.24) is 4.98 Å². The van der Waals surface area contributed by atoms with Crippen molar-refractivity contribution in [3.8, 4) is 0 Å². The van der Waals surface area contributed by atoms with E-state index in [9.17, 15) is 4.79 Å². The zero-order valence-corrected chi connectivity index (χ0v) is 13.3. The summed E-state index contributed by atoms with van der Waals surface area (Å²) < 4.78 is 0. The van der Waals surface area contributed by atoms with Crippen LogP contribution in [0.4, 0.5) is 5.13 Å². The van der Waals surface area contributed by atoms with E-state index in [-0.39, 0.29) is 6.04 Å². The lowest BCUT2D eigenvalue weighted by molar-refractivity contribution is 0.112. The lowest BCUT2D eigenvalue weighted by Gasteiger charge is -2.24. The van der Waals surface area contributed by atoms with Crippen LogP contribution in [0.5, 0.6) is 0 Å². The molecule has 1 heterocycles. The number of nitrogens with zero attached hydrogens (tertiary/aromatic N) is 2. The van der Waals surface area contributed by atoms with Gasteiger partial charge in [-0.2, -0.15) is 0 Å². The molecule has 1 aromatic heterocycles. The summed E-state index contributed by atoms with van der Waals surface area (Å²) in [5, 5.41) is 1.60. The van der Waals surface area contributed by atoms with Gasteiger partial charge in [0.2, 0.25) is 0 Å². The lowest BCUT2D eigenvalue weighted by Crippen LogP contribution is -2.21. The number of halogens is 1. The van der Waals surface area contributed by atoms with E-state index in [1.165, 1.54) is 11.3 Å². The Hall–Kier alpha value is -1.39. The number of rotatable bonds is 5. The van der Waals surface area contributed by atoms with Crippen molar-refractivity contribution in [1.29, 1.82) is 0 Å². The molecule has 0 aliphatic carbocycles. The highest BCUT2D eigenvalue weighted by Gasteiger charge is 2.17. The Balaban J connectivity index is 2.25. The fourth-order valence-corrected chi connectivity index (χ4v) is 3.11. The summed E-state index contributed by atoms with van der Waals surface area (Å²) >= 11 is 7.35. The molecule has 1 atom stereocenters. The number of hydrogen-bond donors (Lipinski definition) is 0. The molecule has 1 aromatic carbocycles. The number of benzene rings is 1. The van der Waals surface area contributed by atoms with Gasteiger partial charge in [0.25, 0.3) is 0 Å². The van der Waals surface area contributed by atoms with Crippen LogP contribution in [0.15, 0.2) is 24.3 Å². The van der Waals surface area contributed by atoms with E-state index >= 15 is 0 Å². The normalized spacial score (nSPS) is 12.2. The second-order valence-electron chi connectivity index (χ2n) is 4.62. The average Bonchev–Trinajstić information content (AvgIpc) is 2.89. The topological polar surface area (TPSA) is 33.2 Å². The van der Waals surface area contributed by atoms with E-state index in [0.29, 0.717) is 0 Å². The van der Waals surface area contributed by atoms with Crippen molar-refractivity contribution >= 4 is 34.4 Å². The fraction of sp³-hybridized carbons (Fsp3) is 0.333. The Bertz CT molecular complexity index is 594. The van der Waals surface area contributed by atoms with Crippen molar-refractivity contribution in [3.05, 3.63) is 45.4 Å². The molecule has 0 aliphatic heterocycles. The van der Waals surface area contributed by atoms with Gasteiger partial charge >= 0.3 is 0 Å². The first-order chi connectivity index (χ1) is 9.56. The second-order valence-corrected chi connectivity index (χ2v) is 6.06. The third-order valence-electron chi connectivity index (χ3n) is 3.39. The molecule has 0 spiro atoms. The van der Waals surface area contributed by atoms with Gasteiger partial charge < -0.3 is 4.90 Å².